The molecule has 1 aliphatic heterocycles. The molecule has 0 N–H and O–H groups in total. The molecule has 0 spiro atoms. The highest BCUT2D eigenvalue weighted by molar-refractivity contribution is 5.85. The van der Waals surface area contributed by atoms with E-state index in [4.69, 9.17) is 4.74 Å². The first-order chi connectivity index (χ1) is 11.3. The Morgan fingerprint density at radius 1 is 1.09 bits per heavy atom. The lowest BCUT2D eigenvalue weighted by atomic mass is 9.94. The SMILES string of the molecule is O=C(OC(C(=O)N1CCCC1)c1ccccc1)C1CC=CCC1. The first-order valence-electron chi connectivity index (χ1n) is 8.45. The number of carbonyl (C=O) groups is 2. The van der Waals surface area contributed by atoms with Crippen LogP contribution in [0.3, 0.4) is 0 Å². The fourth-order valence-electron chi connectivity index (χ4n) is 3.21. The van der Waals surface area contributed by atoms with Crippen molar-refractivity contribution in [1.82, 2.24) is 4.90 Å². The zero-order valence-electron chi connectivity index (χ0n) is 13.3. The van der Waals surface area contributed by atoms with Gasteiger partial charge in [-0.25, -0.2) is 0 Å². The predicted octanol–water partition coefficient (Wildman–Crippen LogP) is 3.25. The van der Waals surface area contributed by atoms with E-state index < -0.39 is 6.10 Å². The molecule has 1 saturated heterocycles. The van der Waals surface area contributed by atoms with Crippen LogP contribution in [0.2, 0.25) is 0 Å². The fraction of sp³-hybridized carbons (Fsp3) is 0.474. The summed E-state index contributed by atoms with van der Waals surface area (Å²) in [6, 6.07) is 9.35. The Balaban J connectivity index is 1.76. The van der Waals surface area contributed by atoms with Gasteiger partial charge in [0.25, 0.3) is 5.91 Å². The smallest absolute Gasteiger partial charge is 0.310 e. The number of benzene rings is 1. The van der Waals surface area contributed by atoms with E-state index in [1.165, 1.54) is 0 Å². The van der Waals surface area contributed by atoms with Gasteiger partial charge in [0.05, 0.1) is 5.92 Å². The molecule has 1 fully saturated rings. The number of allylic oxidation sites excluding steroid dienone is 2. The molecule has 0 bridgehead atoms. The Kier molecular flexibility index (Phi) is 5.11. The van der Waals surface area contributed by atoms with Gasteiger partial charge in [-0.2, -0.15) is 0 Å². The summed E-state index contributed by atoms with van der Waals surface area (Å²) in [4.78, 5) is 27.1. The Bertz CT molecular complexity index is 576. The van der Waals surface area contributed by atoms with E-state index in [0.29, 0.717) is 6.42 Å². The third kappa shape index (κ3) is 3.81. The van der Waals surface area contributed by atoms with Gasteiger partial charge in [-0.15, -0.1) is 0 Å². The van der Waals surface area contributed by atoms with Crippen LogP contribution in [0.4, 0.5) is 0 Å². The van der Waals surface area contributed by atoms with Crippen LogP contribution in [0.15, 0.2) is 42.5 Å². The summed E-state index contributed by atoms with van der Waals surface area (Å²) < 4.78 is 5.69. The summed E-state index contributed by atoms with van der Waals surface area (Å²) in [6.07, 6.45) is 7.75. The van der Waals surface area contributed by atoms with Crippen molar-refractivity contribution in [2.75, 3.05) is 13.1 Å². The van der Waals surface area contributed by atoms with Crippen molar-refractivity contribution in [3.05, 3.63) is 48.0 Å². The second-order valence-corrected chi connectivity index (χ2v) is 6.24. The molecule has 0 aromatic heterocycles. The number of amides is 1. The van der Waals surface area contributed by atoms with E-state index in [9.17, 15) is 9.59 Å². The van der Waals surface area contributed by atoms with Crippen LogP contribution in [0.5, 0.6) is 0 Å². The zero-order valence-corrected chi connectivity index (χ0v) is 13.3. The van der Waals surface area contributed by atoms with Crippen LogP contribution in [0.1, 0.15) is 43.8 Å². The monoisotopic (exact) mass is 313 g/mol. The van der Waals surface area contributed by atoms with Crippen LogP contribution in [-0.2, 0) is 14.3 Å². The molecule has 1 heterocycles. The van der Waals surface area contributed by atoms with Gasteiger partial charge >= 0.3 is 5.97 Å². The van der Waals surface area contributed by atoms with Crippen molar-refractivity contribution in [2.24, 2.45) is 5.92 Å². The number of hydrogen-bond acceptors (Lipinski definition) is 3. The van der Waals surface area contributed by atoms with Crippen molar-refractivity contribution >= 4 is 11.9 Å². The highest BCUT2D eigenvalue weighted by atomic mass is 16.5. The van der Waals surface area contributed by atoms with Crippen molar-refractivity contribution in [2.45, 2.75) is 38.2 Å². The maximum atomic E-state index is 12.8. The lowest BCUT2D eigenvalue weighted by Gasteiger charge is -2.25. The van der Waals surface area contributed by atoms with Crippen LogP contribution < -0.4 is 0 Å². The average molecular weight is 313 g/mol. The normalized spacial score (nSPS) is 21.9. The van der Waals surface area contributed by atoms with Gasteiger partial charge in [0.2, 0.25) is 6.10 Å². The van der Waals surface area contributed by atoms with Crippen LogP contribution in [0.25, 0.3) is 0 Å². The Morgan fingerprint density at radius 2 is 1.83 bits per heavy atom. The molecular weight excluding hydrogens is 290 g/mol. The molecule has 1 amide bonds. The molecule has 122 valence electrons. The molecule has 1 aliphatic carbocycles. The Morgan fingerprint density at radius 3 is 2.48 bits per heavy atom. The molecule has 4 heteroatoms. The second-order valence-electron chi connectivity index (χ2n) is 6.24. The lowest BCUT2D eigenvalue weighted by molar-refractivity contribution is -0.164. The molecule has 1 aromatic carbocycles. The molecule has 2 unspecified atom stereocenters. The number of likely N-dealkylation sites (tertiary alicyclic amines) is 1. The van der Waals surface area contributed by atoms with E-state index in [0.717, 1.165) is 44.3 Å². The summed E-state index contributed by atoms with van der Waals surface area (Å²) >= 11 is 0. The average Bonchev–Trinajstić information content (AvgIpc) is 3.15. The van der Waals surface area contributed by atoms with Crippen molar-refractivity contribution in [3.8, 4) is 0 Å². The number of rotatable bonds is 4. The van der Waals surface area contributed by atoms with Crippen molar-refractivity contribution < 1.29 is 14.3 Å². The molecule has 2 atom stereocenters. The topological polar surface area (TPSA) is 46.6 Å². The van der Waals surface area contributed by atoms with E-state index >= 15 is 0 Å². The summed E-state index contributed by atoms with van der Waals surface area (Å²) in [5, 5.41) is 0. The largest absolute Gasteiger partial charge is 0.447 e. The molecule has 3 rings (SSSR count). The molecule has 2 aliphatic rings. The summed E-state index contributed by atoms with van der Waals surface area (Å²) in [5.41, 5.74) is 0.754. The molecule has 0 radical (unpaired) electrons. The van der Waals surface area contributed by atoms with E-state index in [-0.39, 0.29) is 17.8 Å². The minimum Gasteiger partial charge on any atom is -0.447 e. The van der Waals surface area contributed by atoms with Gasteiger partial charge in [0.1, 0.15) is 0 Å². The van der Waals surface area contributed by atoms with Gasteiger partial charge < -0.3 is 9.64 Å². The number of hydrogen-bond donors (Lipinski definition) is 0. The van der Waals surface area contributed by atoms with Gasteiger partial charge in [0.15, 0.2) is 0 Å². The fourth-order valence-corrected chi connectivity index (χ4v) is 3.21. The number of carbonyl (C=O) groups excluding carboxylic acids is 2. The summed E-state index contributed by atoms with van der Waals surface area (Å²) in [7, 11) is 0. The maximum Gasteiger partial charge on any atom is 0.310 e. The first kappa shape index (κ1) is 15.8. The van der Waals surface area contributed by atoms with Crippen LogP contribution in [0, 0.1) is 5.92 Å². The van der Waals surface area contributed by atoms with Gasteiger partial charge in [-0.3, -0.25) is 9.59 Å². The highest BCUT2D eigenvalue weighted by Gasteiger charge is 2.32. The van der Waals surface area contributed by atoms with Crippen molar-refractivity contribution in [1.29, 1.82) is 0 Å². The first-order valence-corrected chi connectivity index (χ1v) is 8.45. The van der Waals surface area contributed by atoms with Gasteiger partial charge in [-0.05, 0) is 32.1 Å². The number of ether oxygens (including phenoxy) is 1. The van der Waals surface area contributed by atoms with Crippen molar-refractivity contribution in [3.63, 3.8) is 0 Å². The quantitative estimate of drug-likeness (QED) is 0.633. The standard InChI is InChI=1S/C19H23NO3/c21-18(20-13-7-8-14-20)17(15-9-3-1-4-10-15)23-19(22)16-11-5-2-6-12-16/h1-5,9-10,16-17H,6-8,11-14H2. The number of esters is 1. The third-order valence-electron chi connectivity index (χ3n) is 4.58. The Labute approximate surface area is 137 Å². The molecule has 0 saturated carbocycles. The van der Waals surface area contributed by atoms with E-state index in [1.54, 1.807) is 0 Å². The summed E-state index contributed by atoms with van der Waals surface area (Å²) in [5.74, 6) is -0.471. The van der Waals surface area contributed by atoms with E-state index in [2.05, 4.69) is 6.08 Å². The predicted molar refractivity (Wildman–Crippen MR) is 87.6 cm³/mol. The summed E-state index contributed by atoms with van der Waals surface area (Å²) in [6.45, 7) is 1.51. The lowest BCUT2D eigenvalue weighted by Crippen LogP contribution is -2.36. The minimum absolute atomic E-state index is 0.0894. The zero-order chi connectivity index (χ0) is 16.1. The molecule has 4 nitrogen and oxygen atoms in total. The van der Waals surface area contributed by atoms with Crippen LogP contribution in [-0.4, -0.2) is 29.9 Å². The van der Waals surface area contributed by atoms with Gasteiger partial charge in [0, 0.05) is 18.7 Å². The Hall–Kier alpha value is -2.10. The van der Waals surface area contributed by atoms with Gasteiger partial charge in [-0.1, -0.05) is 42.5 Å². The maximum absolute atomic E-state index is 12.8. The number of nitrogens with zero attached hydrogens (tertiary/aromatic N) is 1. The molecule has 23 heavy (non-hydrogen) atoms. The molecule has 1 aromatic rings. The highest BCUT2D eigenvalue weighted by Crippen LogP contribution is 2.27. The third-order valence-corrected chi connectivity index (χ3v) is 4.58. The molecular formula is C19H23NO3. The van der Waals surface area contributed by atoms with Crippen LogP contribution >= 0.6 is 0 Å². The minimum atomic E-state index is -0.812. The van der Waals surface area contributed by atoms with E-state index in [1.807, 2.05) is 41.3 Å². The second kappa shape index (κ2) is 7.44.